The molecule has 0 radical (unpaired) electrons. The van der Waals surface area contributed by atoms with Crippen molar-refractivity contribution in [3.8, 4) is 0 Å². The molecule has 5 rings (SSSR count). The van der Waals surface area contributed by atoms with E-state index in [0.717, 1.165) is 18.6 Å². The van der Waals surface area contributed by atoms with Crippen molar-refractivity contribution in [1.29, 1.82) is 0 Å². The molecule has 2 aliphatic carbocycles. The van der Waals surface area contributed by atoms with E-state index in [1.54, 1.807) is 0 Å². The van der Waals surface area contributed by atoms with Gasteiger partial charge in [-0.1, -0.05) is 16.8 Å². The van der Waals surface area contributed by atoms with Crippen LogP contribution in [-0.2, 0) is 14.7 Å². The van der Waals surface area contributed by atoms with Crippen LogP contribution in [0, 0.1) is 29.3 Å². The number of amides is 1. The number of halogens is 4. The van der Waals surface area contributed by atoms with Crippen LogP contribution in [0.4, 0.5) is 18.9 Å². The maximum Gasteiger partial charge on any atom is 0.255 e. The molecule has 0 aromatic heterocycles. The molecule has 2 aromatic rings. The summed E-state index contributed by atoms with van der Waals surface area (Å²) in [5.41, 5.74) is 0.0671. The van der Waals surface area contributed by atoms with Crippen molar-refractivity contribution in [2.24, 2.45) is 17.0 Å². The Morgan fingerprint density at radius 1 is 1.11 bits per heavy atom. The fourth-order valence-electron chi connectivity index (χ4n) is 5.89. The number of oxime groups is 1. The van der Waals surface area contributed by atoms with Crippen molar-refractivity contribution in [2.45, 2.75) is 54.8 Å². The summed E-state index contributed by atoms with van der Waals surface area (Å²) in [6.45, 7) is 1.89. The highest BCUT2D eigenvalue weighted by Crippen LogP contribution is 2.54. The number of nitrogens with one attached hydrogen (secondary N) is 1. The van der Waals surface area contributed by atoms with Gasteiger partial charge in [-0.15, -0.1) is 0 Å². The fraction of sp³-hybridized carbons (Fsp3) is 0.417. The third kappa shape index (κ3) is 4.20. The van der Waals surface area contributed by atoms with Crippen LogP contribution in [0.15, 0.2) is 40.4 Å². The van der Waals surface area contributed by atoms with E-state index in [1.165, 1.54) is 18.2 Å². The van der Waals surface area contributed by atoms with Crippen molar-refractivity contribution in [3.05, 3.63) is 58.4 Å². The molecule has 11 heteroatoms. The Balaban J connectivity index is 1.41. The summed E-state index contributed by atoms with van der Waals surface area (Å²) in [6.07, 6.45) is 3.34. The predicted octanol–water partition coefficient (Wildman–Crippen LogP) is 5.51. The molecule has 0 saturated heterocycles. The first-order valence-electron chi connectivity index (χ1n) is 11.2. The van der Waals surface area contributed by atoms with Crippen LogP contribution in [0.2, 0.25) is 5.02 Å². The van der Waals surface area contributed by atoms with E-state index in [4.69, 9.17) is 16.4 Å². The number of fused-ring (bicyclic) bond motifs is 2. The average molecular weight is 527 g/mol. The highest BCUT2D eigenvalue weighted by Gasteiger charge is 2.57. The van der Waals surface area contributed by atoms with Crippen LogP contribution in [0.3, 0.4) is 0 Å². The van der Waals surface area contributed by atoms with Gasteiger partial charge in [0.05, 0.1) is 20.9 Å². The standard InChI is InChI=1S/C24H22ClF3N2O4S/c1-12-9-24(34-30-12)10-14-2-3-15(11-24)22(14)35(32,33)20-6-13(4-5-17(20)25)23(31)29-16-7-18(26)21(28)19(27)8-16/h4-8,14-15,22H,2-3,9-11H2,1H3,(H,29,31)/t14-,15?,22?,24?/m0/s1. The Labute approximate surface area is 205 Å². The van der Waals surface area contributed by atoms with Gasteiger partial charge in [-0.2, -0.15) is 0 Å². The lowest BCUT2D eigenvalue weighted by molar-refractivity contribution is -0.0618. The summed E-state index contributed by atoms with van der Waals surface area (Å²) >= 11 is 6.28. The molecular formula is C24H22ClF3N2O4S. The van der Waals surface area contributed by atoms with E-state index in [-0.39, 0.29) is 33.0 Å². The molecule has 2 fully saturated rings. The summed E-state index contributed by atoms with van der Waals surface area (Å²) < 4.78 is 67.7. The summed E-state index contributed by atoms with van der Waals surface area (Å²) in [5, 5.41) is 5.67. The number of carbonyl (C=O) groups is 1. The Morgan fingerprint density at radius 2 is 1.74 bits per heavy atom. The molecule has 3 unspecified atom stereocenters. The first kappa shape index (κ1) is 24.1. The highest BCUT2D eigenvalue weighted by atomic mass is 35.5. The second kappa shape index (κ2) is 8.51. The molecule has 1 N–H and O–H groups in total. The third-order valence-corrected chi connectivity index (χ3v) is 10.1. The van der Waals surface area contributed by atoms with Gasteiger partial charge in [0.2, 0.25) is 0 Å². The normalized spacial score (nSPS) is 27.6. The van der Waals surface area contributed by atoms with Gasteiger partial charge in [0.1, 0.15) is 5.60 Å². The van der Waals surface area contributed by atoms with Crippen molar-refractivity contribution >= 4 is 38.7 Å². The van der Waals surface area contributed by atoms with Crippen LogP contribution in [0.25, 0.3) is 0 Å². The van der Waals surface area contributed by atoms with Crippen molar-refractivity contribution in [1.82, 2.24) is 0 Å². The van der Waals surface area contributed by atoms with E-state index in [1.807, 2.05) is 6.92 Å². The number of sulfone groups is 1. The largest absolute Gasteiger partial charge is 0.389 e. The van der Waals surface area contributed by atoms with Gasteiger partial charge >= 0.3 is 0 Å². The van der Waals surface area contributed by atoms with E-state index in [9.17, 15) is 26.4 Å². The van der Waals surface area contributed by atoms with Gasteiger partial charge in [0.15, 0.2) is 27.3 Å². The Bertz CT molecular complexity index is 1330. The number of anilines is 1. The molecule has 1 aliphatic heterocycles. The maximum absolute atomic E-state index is 13.8. The Morgan fingerprint density at radius 3 is 2.31 bits per heavy atom. The molecular weight excluding hydrogens is 505 g/mol. The van der Waals surface area contributed by atoms with Crippen LogP contribution in [0.1, 0.15) is 49.4 Å². The molecule has 4 atom stereocenters. The second-order valence-corrected chi connectivity index (χ2v) is 12.1. The molecule has 2 aromatic carbocycles. The maximum atomic E-state index is 13.8. The van der Waals surface area contributed by atoms with Gasteiger partial charge in [0, 0.05) is 29.8 Å². The van der Waals surface area contributed by atoms with Gasteiger partial charge in [0.25, 0.3) is 5.91 Å². The van der Waals surface area contributed by atoms with Crippen LogP contribution < -0.4 is 5.32 Å². The quantitative estimate of drug-likeness (QED) is 0.533. The lowest BCUT2D eigenvalue weighted by Crippen LogP contribution is -2.46. The summed E-state index contributed by atoms with van der Waals surface area (Å²) in [7, 11) is -3.91. The average Bonchev–Trinajstić information content (AvgIpc) is 3.29. The fourth-order valence-corrected chi connectivity index (χ4v) is 8.73. The zero-order valence-corrected chi connectivity index (χ0v) is 20.2. The zero-order chi connectivity index (χ0) is 25.1. The number of rotatable bonds is 4. The SMILES string of the molecule is CC1=NOC2(C1)CC1CC[C@@H](C2)C1S(=O)(=O)c1cc(C(=O)Nc2cc(F)c(F)c(F)c2)ccc1Cl. The summed E-state index contributed by atoms with van der Waals surface area (Å²) in [4.78, 5) is 18.3. The Kier molecular flexibility index (Phi) is 5.87. The van der Waals surface area contributed by atoms with Gasteiger partial charge in [-0.3, -0.25) is 4.79 Å². The minimum atomic E-state index is -3.91. The molecule has 2 bridgehead atoms. The number of carbonyl (C=O) groups excluding carboxylic acids is 1. The van der Waals surface area contributed by atoms with E-state index in [2.05, 4.69) is 10.5 Å². The minimum absolute atomic E-state index is 0.0172. The summed E-state index contributed by atoms with van der Waals surface area (Å²) in [6, 6.07) is 5.06. The molecule has 35 heavy (non-hydrogen) atoms. The molecule has 3 aliphatic rings. The van der Waals surface area contributed by atoms with Crippen LogP contribution in [0.5, 0.6) is 0 Å². The number of hydrogen-bond acceptors (Lipinski definition) is 5. The number of nitrogens with zero attached hydrogens (tertiary/aromatic N) is 1. The molecule has 186 valence electrons. The monoisotopic (exact) mass is 526 g/mol. The molecule has 1 amide bonds. The lowest BCUT2D eigenvalue weighted by atomic mass is 9.75. The smallest absolute Gasteiger partial charge is 0.255 e. The zero-order valence-electron chi connectivity index (χ0n) is 18.7. The summed E-state index contributed by atoms with van der Waals surface area (Å²) in [5.74, 6) is -5.65. The second-order valence-electron chi connectivity index (χ2n) is 9.65. The Hall–Kier alpha value is -2.59. The first-order valence-corrected chi connectivity index (χ1v) is 13.1. The molecule has 1 spiro atoms. The van der Waals surface area contributed by atoms with Crippen LogP contribution >= 0.6 is 11.6 Å². The molecule has 6 nitrogen and oxygen atoms in total. The molecule has 2 saturated carbocycles. The topological polar surface area (TPSA) is 84.8 Å². The minimum Gasteiger partial charge on any atom is -0.389 e. The van der Waals surface area contributed by atoms with Crippen LogP contribution in [-0.4, -0.2) is 30.9 Å². The van der Waals surface area contributed by atoms with Crippen molar-refractivity contribution in [2.75, 3.05) is 5.32 Å². The molecule has 1 heterocycles. The lowest BCUT2D eigenvalue weighted by Gasteiger charge is -2.40. The van der Waals surface area contributed by atoms with E-state index >= 15 is 0 Å². The van der Waals surface area contributed by atoms with E-state index < -0.39 is 44.0 Å². The highest BCUT2D eigenvalue weighted by molar-refractivity contribution is 7.92. The third-order valence-electron chi connectivity index (χ3n) is 7.18. The number of benzene rings is 2. The predicted molar refractivity (Wildman–Crippen MR) is 124 cm³/mol. The van der Waals surface area contributed by atoms with Crippen molar-refractivity contribution < 1.29 is 31.2 Å². The number of hydrogen-bond donors (Lipinski definition) is 1. The van der Waals surface area contributed by atoms with E-state index in [0.29, 0.717) is 31.4 Å². The van der Waals surface area contributed by atoms with Gasteiger partial charge < -0.3 is 10.2 Å². The van der Waals surface area contributed by atoms with Crippen molar-refractivity contribution in [3.63, 3.8) is 0 Å². The van der Waals surface area contributed by atoms with Gasteiger partial charge in [-0.25, -0.2) is 21.6 Å². The first-order chi connectivity index (χ1) is 16.5. The van der Waals surface area contributed by atoms with Gasteiger partial charge in [-0.05, 0) is 62.6 Å².